The van der Waals surface area contributed by atoms with Crippen molar-refractivity contribution in [2.45, 2.75) is 33.2 Å². The van der Waals surface area contributed by atoms with Gasteiger partial charge < -0.3 is 4.57 Å². The Morgan fingerprint density at radius 2 is 2.00 bits per heavy atom. The van der Waals surface area contributed by atoms with Crippen LogP contribution in [0.2, 0.25) is 0 Å². The minimum atomic E-state index is -0.175. The van der Waals surface area contributed by atoms with Gasteiger partial charge in [-0.05, 0) is 44.5 Å². The summed E-state index contributed by atoms with van der Waals surface area (Å²) in [5.41, 5.74) is 2.65. The summed E-state index contributed by atoms with van der Waals surface area (Å²) in [6, 6.07) is 14.1. The molecule has 2 aromatic carbocycles. The van der Waals surface area contributed by atoms with Crippen LogP contribution >= 0.6 is 15.9 Å². The molecule has 6 heteroatoms. The summed E-state index contributed by atoms with van der Waals surface area (Å²) in [6.07, 6.45) is 4.90. The van der Waals surface area contributed by atoms with Gasteiger partial charge >= 0.3 is 0 Å². The van der Waals surface area contributed by atoms with Crippen LogP contribution < -0.4 is 5.56 Å². The Bertz CT molecular complexity index is 1270. The summed E-state index contributed by atoms with van der Waals surface area (Å²) in [7, 11) is 0. The molecule has 0 radical (unpaired) electrons. The summed E-state index contributed by atoms with van der Waals surface area (Å²) < 4.78 is 4.47. The van der Waals surface area contributed by atoms with Gasteiger partial charge in [-0.3, -0.25) is 4.79 Å². The first-order valence-corrected chi connectivity index (χ1v) is 10.1. The van der Waals surface area contributed by atoms with Gasteiger partial charge in [0.25, 0.3) is 5.56 Å². The molecule has 0 saturated heterocycles. The molecular formula is C22H21BrN4O. The number of halogens is 1. The molecule has 0 amide bonds. The lowest BCUT2D eigenvalue weighted by Crippen LogP contribution is -2.20. The zero-order valence-electron chi connectivity index (χ0n) is 16.1. The highest BCUT2D eigenvalue weighted by Crippen LogP contribution is 2.25. The first kappa shape index (κ1) is 18.6. The van der Waals surface area contributed by atoms with E-state index in [4.69, 9.17) is 0 Å². The molecule has 4 aromatic rings. The largest absolute Gasteiger partial charge is 0.344 e. The molecule has 0 fully saturated rings. The monoisotopic (exact) mass is 436 g/mol. The molecule has 5 nitrogen and oxygen atoms in total. The quantitative estimate of drug-likeness (QED) is 0.408. The predicted octanol–water partition coefficient (Wildman–Crippen LogP) is 5.28. The number of hydrogen-bond acceptors (Lipinski definition) is 3. The Kier molecular flexibility index (Phi) is 4.89. The smallest absolute Gasteiger partial charge is 0.282 e. The van der Waals surface area contributed by atoms with Crippen LogP contribution in [0, 0.1) is 6.92 Å². The second kappa shape index (κ2) is 7.36. The second-order valence-corrected chi connectivity index (χ2v) is 7.86. The van der Waals surface area contributed by atoms with Crippen LogP contribution in [0.25, 0.3) is 21.8 Å². The first-order valence-electron chi connectivity index (χ1n) is 9.32. The van der Waals surface area contributed by atoms with E-state index in [0.717, 1.165) is 21.8 Å². The molecule has 1 atom stereocenters. The lowest BCUT2D eigenvalue weighted by atomic mass is 10.2. The van der Waals surface area contributed by atoms with E-state index in [1.54, 1.807) is 19.2 Å². The molecule has 0 unspecified atom stereocenters. The zero-order valence-corrected chi connectivity index (χ0v) is 17.6. The van der Waals surface area contributed by atoms with Crippen molar-refractivity contribution < 1.29 is 0 Å². The standard InChI is InChI=1S/C22H21BrN4O/c1-4-14(2)26-13-16(18-7-5-6-8-21(18)26)12-24-27-15(3)25-20-10-9-17(23)11-19(20)22(27)28/h5-14H,4H2,1-3H3/t14-/m1/s1. The topological polar surface area (TPSA) is 52.2 Å². The molecule has 4 rings (SSSR count). The number of nitrogens with zero attached hydrogens (tertiary/aromatic N) is 4. The van der Waals surface area contributed by atoms with Gasteiger partial charge in [0.05, 0.1) is 17.1 Å². The number of aromatic nitrogens is 3. The van der Waals surface area contributed by atoms with E-state index in [1.807, 2.05) is 24.3 Å². The van der Waals surface area contributed by atoms with Gasteiger partial charge in [0.1, 0.15) is 5.82 Å². The second-order valence-electron chi connectivity index (χ2n) is 6.95. The molecule has 2 heterocycles. The number of hydrogen-bond donors (Lipinski definition) is 0. The number of aryl methyl sites for hydroxylation is 1. The van der Waals surface area contributed by atoms with Crippen molar-refractivity contribution in [3.05, 3.63) is 74.9 Å². The molecule has 0 spiro atoms. The van der Waals surface area contributed by atoms with E-state index in [2.05, 4.69) is 62.8 Å². The number of para-hydroxylation sites is 1. The molecule has 142 valence electrons. The van der Waals surface area contributed by atoms with Crippen LogP contribution in [0.1, 0.15) is 37.7 Å². The number of rotatable bonds is 4. The molecule has 2 aromatic heterocycles. The fraction of sp³-hybridized carbons (Fsp3) is 0.227. The third kappa shape index (κ3) is 3.18. The van der Waals surface area contributed by atoms with Gasteiger partial charge in [0.15, 0.2) is 0 Å². The summed E-state index contributed by atoms with van der Waals surface area (Å²) >= 11 is 3.42. The minimum Gasteiger partial charge on any atom is -0.344 e. The minimum absolute atomic E-state index is 0.175. The van der Waals surface area contributed by atoms with Gasteiger partial charge in [-0.25, -0.2) is 4.98 Å². The molecular weight excluding hydrogens is 416 g/mol. The Morgan fingerprint density at radius 3 is 2.79 bits per heavy atom. The van der Waals surface area contributed by atoms with E-state index in [0.29, 0.717) is 22.8 Å². The van der Waals surface area contributed by atoms with Gasteiger partial charge in [-0.1, -0.05) is 41.1 Å². The van der Waals surface area contributed by atoms with Crippen LogP contribution in [0.4, 0.5) is 0 Å². The van der Waals surface area contributed by atoms with Crippen molar-refractivity contribution in [3.63, 3.8) is 0 Å². The summed E-state index contributed by atoms with van der Waals surface area (Å²) in [5.74, 6) is 0.557. The maximum atomic E-state index is 12.9. The fourth-order valence-electron chi connectivity index (χ4n) is 3.41. The summed E-state index contributed by atoms with van der Waals surface area (Å²) in [5, 5.41) is 6.15. The summed E-state index contributed by atoms with van der Waals surface area (Å²) in [4.78, 5) is 17.5. The van der Waals surface area contributed by atoms with E-state index in [9.17, 15) is 4.79 Å². The molecule has 0 aliphatic heterocycles. The highest BCUT2D eigenvalue weighted by Gasteiger charge is 2.11. The maximum absolute atomic E-state index is 12.9. The average molecular weight is 437 g/mol. The van der Waals surface area contributed by atoms with Crippen molar-refractivity contribution in [2.24, 2.45) is 5.10 Å². The Labute approximate surface area is 171 Å². The lowest BCUT2D eigenvalue weighted by Gasteiger charge is -2.12. The number of benzene rings is 2. The van der Waals surface area contributed by atoms with Crippen LogP contribution in [0.5, 0.6) is 0 Å². The van der Waals surface area contributed by atoms with E-state index < -0.39 is 0 Å². The van der Waals surface area contributed by atoms with Gasteiger partial charge in [-0.15, -0.1) is 0 Å². The molecule has 28 heavy (non-hydrogen) atoms. The Morgan fingerprint density at radius 1 is 1.21 bits per heavy atom. The first-order chi connectivity index (χ1) is 13.5. The Balaban J connectivity index is 1.85. The molecule has 0 N–H and O–H groups in total. The number of fused-ring (bicyclic) bond motifs is 2. The maximum Gasteiger partial charge on any atom is 0.282 e. The van der Waals surface area contributed by atoms with Gasteiger partial charge in [0, 0.05) is 33.2 Å². The van der Waals surface area contributed by atoms with Crippen molar-refractivity contribution in [1.82, 2.24) is 14.2 Å². The molecule has 0 aliphatic carbocycles. The fourth-order valence-corrected chi connectivity index (χ4v) is 3.77. The summed E-state index contributed by atoms with van der Waals surface area (Å²) in [6.45, 7) is 6.17. The zero-order chi connectivity index (χ0) is 19.8. The molecule has 0 aliphatic rings. The van der Waals surface area contributed by atoms with Gasteiger partial charge in [-0.2, -0.15) is 9.78 Å². The normalized spacial score (nSPS) is 13.0. The lowest BCUT2D eigenvalue weighted by molar-refractivity contribution is 0.548. The van der Waals surface area contributed by atoms with E-state index in [-0.39, 0.29) is 5.56 Å². The van der Waals surface area contributed by atoms with Crippen molar-refractivity contribution in [3.8, 4) is 0 Å². The van der Waals surface area contributed by atoms with E-state index >= 15 is 0 Å². The van der Waals surface area contributed by atoms with Crippen molar-refractivity contribution >= 4 is 44.0 Å². The highest BCUT2D eigenvalue weighted by molar-refractivity contribution is 9.10. The third-order valence-corrected chi connectivity index (χ3v) is 5.61. The van der Waals surface area contributed by atoms with Crippen LogP contribution in [0.15, 0.2) is 63.0 Å². The van der Waals surface area contributed by atoms with Crippen molar-refractivity contribution in [2.75, 3.05) is 0 Å². The highest BCUT2D eigenvalue weighted by atomic mass is 79.9. The van der Waals surface area contributed by atoms with Crippen molar-refractivity contribution in [1.29, 1.82) is 0 Å². The van der Waals surface area contributed by atoms with Crippen LogP contribution in [-0.2, 0) is 0 Å². The van der Waals surface area contributed by atoms with Gasteiger partial charge in [0.2, 0.25) is 0 Å². The molecule has 0 bridgehead atoms. The Hall–Kier alpha value is -2.73. The average Bonchev–Trinajstić information content (AvgIpc) is 3.07. The predicted molar refractivity (Wildman–Crippen MR) is 118 cm³/mol. The van der Waals surface area contributed by atoms with E-state index in [1.165, 1.54) is 10.2 Å². The molecule has 0 saturated carbocycles. The van der Waals surface area contributed by atoms with Crippen LogP contribution in [-0.4, -0.2) is 20.4 Å². The third-order valence-electron chi connectivity index (χ3n) is 5.12. The SMILES string of the molecule is CC[C@@H](C)n1cc(C=Nn2c(C)nc3ccc(Br)cc3c2=O)c2ccccc21. The van der Waals surface area contributed by atoms with Crippen LogP contribution in [0.3, 0.4) is 0 Å².